The van der Waals surface area contributed by atoms with Gasteiger partial charge in [-0.2, -0.15) is 0 Å². The van der Waals surface area contributed by atoms with Crippen LogP contribution in [0.2, 0.25) is 5.02 Å². The normalized spacial score (nSPS) is 10.2. The zero-order valence-corrected chi connectivity index (χ0v) is 13.4. The van der Waals surface area contributed by atoms with E-state index >= 15 is 0 Å². The lowest BCUT2D eigenvalue weighted by Crippen LogP contribution is -2.29. The van der Waals surface area contributed by atoms with Crippen LogP contribution in [0.1, 0.15) is 21.5 Å². The van der Waals surface area contributed by atoms with E-state index in [1.807, 2.05) is 19.1 Å². The Kier molecular flexibility index (Phi) is 5.60. The molecule has 2 aromatic rings. The maximum Gasteiger partial charge on any atom is 0.335 e. The summed E-state index contributed by atoms with van der Waals surface area (Å²) in [4.78, 5) is 22.8. The van der Waals surface area contributed by atoms with Crippen molar-refractivity contribution in [3.8, 4) is 0 Å². The number of carboxylic acids is 1. The van der Waals surface area contributed by atoms with Crippen molar-refractivity contribution in [2.75, 3.05) is 11.9 Å². The van der Waals surface area contributed by atoms with Gasteiger partial charge in [-0.25, -0.2) is 4.79 Å². The molecule has 1 amide bonds. The second-order valence-electron chi connectivity index (χ2n) is 5.05. The summed E-state index contributed by atoms with van der Waals surface area (Å²) in [5.74, 6) is -1.18. The number of anilines is 1. The van der Waals surface area contributed by atoms with Gasteiger partial charge in [0.05, 0.1) is 12.1 Å². The molecule has 3 N–H and O–H groups in total. The van der Waals surface area contributed by atoms with Crippen molar-refractivity contribution < 1.29 is 14.7 Å². The van der Waals surface area contributed by atoms with Crippen LogP contribution in [0.5, 0.6) is 0 Å². The van der Waals surface area contributed by atoms with E-state index in [0.29, 0.717) is 5.02 Å². The summed E-state index contributed by atoms with van der Waals surface area (Å²) in [6.07, 6.45) is 0. The van der Waals surface area contributed by atoms with Gasteiger partial charge in [-0.1, -0.05) is 29.8 Å². The van der Waals surface area contributed by atoms with E-state index in [1.54, 1.807) is 18.2 Å². The summed E-state index contributed by atoms with van der Waals surface area (Å²) in [5, 5.41) is 15.3. The fourth-order valence-electron chi connectivity index (χ4n) is 2.05. The molecule has 0 aromatic heterocycles. The first-order chi connectivity index (χ1) is 11.0. The predicted molar refractivity (Wildman–Crippen MR) is 89.9 cm³/mol. The maximum atomic E-state index is 11.9. The number of nitrogens with one attached hydrogen (secondary N) is 2. The van der Waals surface area contributed by atoms with Crippen LogP contribution in [-0.2, 0) is 11.3 Å². The minimum Gasteiger partial charge on any atom is -0.478 e. The number of rotatable bonds is 6. The topological polar surface area (TPSA) is 78.4 Å². The number of carboxylic acid groups (broad SMARTS) is 1. The van der Waals surface area contributed by atoms with Crippen molar-refractivity contribution in [3.05, 3.63) is 64.2 Å². The minimum absolute atomic E-state index is 0.111. The Morgan fingerprint density at radius 3 is 2.65 bits per heavy atom. The minimum atomic E-state index is -0.990. The van der Waals surface area contributed by atoms with Gasteiger partial charge < -0.3 is 15.7 Å². The van der Waals surface area contributed by atoms with Crippen LogP contribution in [0, 0.1) is 6.92 Å². The number of carbonyl (C=O) groups is 2. The van der Waals surface area contributed by atoms with Crippen LogP contribution < -0.4 is 10.6 Å². The predicted octanol–water partition coefficient (Wildman–Crippen LogP) is 3.07. The van der Waals surface area contributed by atoms with Crippen LogP contribution in [0.25, 0.3) is 0 Å². The lowest BCUT2D eigenvalue weighted by Gasteiger charge is -2.11. The Hall–Kier alpha value is -2.53. The van der Waals surface area contributed by atoms with Crippen LogP contribution in [0.4, 0.5) is 5.69 Å². The third kappa shape index (κ3) is 4.72. The number of halogens is 1. The first-order valence-electron chi connectivity index (χ1n) is 7.05. The van der Waals surface area contributed by atoms with Gasteiger partial charge >= 0.3 is 5.97 Å². The van der Waals surface area contributed by atoms with Gasteiger partial charge in [-0.15, -0.1) is 0 Å². The van der Waals surface area contributed by atoms with Crippen molar-refractivity contribution in [3.63, 3.8) is 0 Å². The highest BCUT2D eigenvalue weighted by molar-refractivity contribution is 6.31. The standard InChI is InChI=1S/C17H17ClN2O3/c1-11-14(18)6-3-7-15(11)19-10-16(21)20-9-12-4-2-5-13(8-12)17(22)23/h2-8,19H,9-10H2,1H3,(H,20,21)(H,22,23). The van der Waals surface area contributed by atoms with E-state index in [9.17, 15) is 9.59 Å². The van der Waals surface area contributed by atoms with Gasteiger partial charge in [-0.3, -0.25) is 4.79 Å². The Balaban J connectivity index is 1.87. The third-order valence-electron chi connectivity index (χ3n) is 3.37. The van der Waals surface area contributed by atoms with Gasteiger partial charge in [0.1, 0.15) is 0 Å². The van der Waals surface area contributed by atoms with Crippen LogP contribution >= 0.6 is 11.6 Å². The molecule has 0 saturated heterocycles. The van der Waals surface area contributed by atoms with E-state index < -0.39 is 5.97 Å². The maximum absolute atomic E-state index is 11.9. The molecule has 0 aliphatic carbocycles. The van der Waals surface area contributed by atoms with E-state index in [4.69, 9.17) is 16.7 Å². The molecule has 0 aliphatic heterocycles. The third-order valence-corrected chi connectivity index (χ3v) is 3.78. The van der Waals surface area contributed by atoms with Gasteiger partial charge in [0.15, 0.2) is 0 Å². The van der Waals surface area contributed by atoms with E-state index in [-0.39, 0.29) is 24.6 Å². The zero-order chi connectivity index (χ0) is 16.8. The fourth-order valence-corrected chi connectivity index (χ4v) is 2.23. The molecule has 6 heteroatoms. The molecule has 2 rings (SSSR count). The van der Waals surface area contributed by atoms with Crippen molar-refractivity contribution in [2.24, 2.45) is 0 Å². The lowest BCUT2D eigenvalue weighted by atomic mass is 10.1. The van der Waals surface area contributed by atoms with Gasteiger partial charge in [-0.05, 0) is 42.3 Å². The second kappa shape index (κ2) is 7.65. The van der Waals surface area contributed by atoms with Crippen LogP contribution in [-0.4, -0.2) is 23.5 Å². The molecule has 0 heterocycles. The molecular weight excluding hydrogens is 316 g/mol. The van der Waals surface area contributed by atoms with Crippen LogP contribution in [0.15, 0.2) is 42.5 Å². The first-order valence-corrected chi connectivity index (χ1v) is 7.43. The lowest BCUT2D eigenvalue weighted by molar-refractivity contribution is -0.119. The number of hydrogen-bond donors (Lipinski definition) is 3. The Labute approximate surface area is 139 Å². The SMILES string of the molecule is Cc1c(Cl)cccc1NCC(=O)NCc1cccc(C(=O)O)c1. The zero-order valence-electron chi connectivity index (χ0n) is 12.6. The number of amides is 1. The monoisotopic (exact) mass is 332 g/mol. The van der Waals surface area contributed by atoms with Crippen molar-refractivity contribution in [2.45, 2.75) is 13.5 Å². The average Bonchev–Trinajstić information content (AvgIpc) is 2.54. The van der Waals surface area contributed by atoms with Crippen molar-refractivity contribution in [1.82, 2.24) is 5.32 Å². The Bertz CT molecular complexity index is 732. The molecule has 0 saturated carbocycles. The highest BCUT2D eigenvalue weighted by Gasteiger charge is 2.06. The molecule has 23 heavy (non-hydrogen) atoms. The molecular formula is C17H17ClN2O3. The molecule has 0 atom stereocenters. The number of carbonyl (C=O) groups excluding carboxylic acids is 1. The average molecular weight is 333 g/mol. The van der Waals surface area contributed by atoms with Gasteiger partial charge in [0, 0.05) is 17.3 Å². The number of aromatic carboxylic acids is 1. The molecule has 0 spiro atoms. The summed E-state index contributed by atoms with van der Waals surface area (Å²) in [6.45, 7) is 2.26. The smallest absolute Gasteiger partial charge is 0.335 e. The molecule has 0 bridgehead atoms. The van der Waals surface area contributed by atoms with E-state index in [2.05, 4.69) is 10.6 Å². The van der Waals surface area contributed by atoms with E-state index in [1.165, 1.54) is 12.1 Å². The summed E-state index contributed by atoms with van der Waals surface area (Å²) < 4.78 is 0. The van der Waals surface area contributed by atoms with Crippen molar-refractivity contribution in [1.29, 1.82) is 0 Å². The molecule has 5 nitrogen and oxygen atoms in total. The highest BCUT2D eigenvalue weighted by Crippen LogP contribution is 2.22. The quantitative estimate of drug-likeness (QED) is 0.759. The second-order valence-corrected chi connectivity index (χ2v) is 5.46. The summed E-state index contributed by atoms with van der Waals surface area (Å²) in [7, 11) is 0. The summed E-state index contributed by atoms with van der Waals surface area (Å²) in [5.41, 5.74) is 2.62. The Morgan fingerprint density at radius 1 is 1.17 bits per heavy atom. The highest BCUT2D eigenvalue weighted by atomic mass is 35.5. The van der Waals surface area contributed by atoms with Gasteiger partial charge in [0.25, 0.3) is 0 Å². The largest absolute Gasteiger partial charge is 0.478 e. The van der Waals surface area contributed by atoms with Crippen molar-refractivity contribution >= 4 is 29.2 Å². The molecule has 0 fully saturated rings. The van der Waals surface area contributed by atoms with Crippen LogP contribution in [0.3, 0.4) is 0 Å². The number of benzene rings is 2. The number of hydrogen-bond acceptors (Lipinski definition) is 3. The molecule has 2 aromatic carbocycles. The summed E-state index contributed by atoms with van der Waals surface area (Å²) in [6, 6.07) is 11.9. The first kappa shape index (κ1) is 16.8. The molecule has 0 aliphatic rings. The molecule has 0 radical (unpaired) electrons. The summed E-state index contributed by atoms with van der Waals surface area (Å²) >= 11 is 6.02. The van der Waals surface area contributed by atoms with E-state index in [0.717, 1.165) is 16.8 Å². The Morgan fingerprint density at radius 2 is 1.91 bits per heavy atom. The molecule has 120 valence electrons. The van der Waals surface area contributed by atoms with Gasteiger partial charge in [0.2, 0.25) is 5.91 Å². The fraction of sp³-hybridized carbons (Fsp3) is 0.176. The molecule has 0 unspecified atom stereocenters.